The Morgan fingerprint density at radius 1 is 1.24 bits per heavy atom. The zero-order valence-corrected chi connectivity index (χ0v) is 13.5. The van der Waals surface area contributed by atoms with E-state index in [-0.39, 0.29) is 24.2 Å². The van der Waals surface area contributed by atoms with Crippen LogP contribution in [0.5, 0.6) is 0 Å². The van der Waals surface area contributed by atoms with Gasteiger partial charge in [-0.25, -0.2) is 4.98 Å². The number of oxazole rings is 1. The number of ketones is 1. The molecule has 3 aromatic rings. The SMILES string of the molecule is N#CC(C(=O)CC1OCCc2ccccc21)c1nc2ccccc2o1. The van der Waals surface area contributed by atoms with Crippen molar-refractivity contribution in [2.45, 2.75) is 24.9 Å². The van der Waals surface area contributed by atoms with E-state index in [1.54, 1.807) is 12.1 Å². The van der Waals surface area contributed by atoms with Gasteiger partial charge in [-0.05, 0) is 29.7 Å². The summed E-state index contributed by atoms with van der Waals surface area (Å²) < 4.78 is 11.4. The van der Waals surface area contributed by atoms with Gasteiger partial charge in [0.25, 0.3) is 0 Å². The van der Waals surface area contributed by atoms with Crippen LogP contribution in [0.2, 0.25) is 0 Å². The van der Waals surface area contributed by atoms with Crippen LogP contribution in [0.25, 0.3) is 11.1 Å². The van der Waals surface area contributed by atoms with Crippen LogP contribution in [0.3, 0.4) is 0 Å². The van der Waals surface area contributed by atoms with Crippen molar-refractivity contribution in [1.82, 2.24) is 4.98 Å². The van der Waals surface area contributed by atoms with Crippen molar-refractivity contribution < 1.29 is 13.9 Å². The molecule has 0 fully saturated rings. The van der Waals surface area contributed by atoms with E-state index in [1.807, 2.05) is 36.4 Å². The van der Waals surface area contributed by atoms with Gasteiger partial charge in [0.05, 0.1) is 18.8 Å². The zero-order chi connectivity index (χ0) is 17.2. The minimum atomic E-state index is -1.02. The van der Waals surface area contributed by atoms with Gasteiger partial charge >= 0.3 is 0 Å². The van der Waals surface area contributed by atoms with Crippen LogP contribution in [-0.2, 0) is 16.0 Å². The van der Waals surface area contributed by atoms with E-state index in [0.717, 1.165) is 12.0 Å². The zero-order valence-electron chi connectivity index (χ0n) is 13.5. The molecule has 1 aromatic heterocycles. The molecule has 0 saturated heterocycles. The lowest BCUT2D eigenvalue weighted by atomic mass is 9.91. The maximum absolute atomic E-state index is 12.7. The number of carbonyl (C=O) groups excluding carboxylic acids is 1. The summed E-state index contributed by atoms with van der Waals surface area (Å²) in [5.41, 5.74) is 3.44. The molecule has 5 heteroatoms. The smallest absolute Gasteiger partial charge is 0.220 e. The summed E-state index contributed by atoms with van der Waals surface area (Å²) in [6.07, 6.45) is 0.652. The lowest BCUT2D eigenvalue weighted by Crippen LogP contribution is -2.21. The van der Waals surface area contributed by atoms with Crippen molar-refractivity contribution in [2.75, 3.05) is 6.61 Å². The summed E-state index contributed by atoms with van der Waals surface area (Å²) in [6, 6.07) is 17.2. The highest BCUT2D eigenvalue weighted by Gasteiger charge is 2.30. The first-order chi connectivity index (χ1) is 12.3. The Kier molecular flexibility index (Phi) is 4.04. The number of aromatic nitrogens is 1. The Labute approximate surface area is 144 Å². The summed E-state index contributed by atoms with van der Waals surface area (Å²) in [6.45, 7) is 0.578. The second-order valence-corrected chi connectivity index (χ2v) is 6.06. The first-order valence-corrected chi connectivity index (χ1v) is 8.23. The van der Waals surface area contributed by atoms with Crippen LogP contribution in [-0.4, -0.2) is 17.4 Å². The average molecular weight is 332 g/mol. The van der Waals surface area contributed by atoms with E-state index in [0.29, 0.717) is 17.7 Å². The number of ether oxygens (including phenoxy) is 1. The van der Waals surface area contributed by atoms with Gasteiger partial charge in [-0.1, -0.05) is 36.4 Å². The maximum Gasteiger partial charge on any atom is 0.220 e. The fourth-order valence-electron chi connectivity index (χ4n) is 3.22. The molecule has 4 rings (SSSR count). The molecule has 2 unspecified atom stereocenters. The van der Waals surface area contributed by atoms with Crippen molar-refractivity contribution in [3.05, 3.63) is 65.5 Å². The number of fused-ring (bicyclic) bond motifs is 2. The van der Waals surface area contributed by atoms with Gasteiger partial charge < -0.3 is 9.15 Å². The summed E-state index contributed by atoms with van der Waals surface area (Å²) in [5, 5.41) is 9.49. The molecule has 2 atom stereocenters. The Morgan fingerprint density at radius 3 is 2.88 bits per heavy atom. The lowest BCUT2D eigenvalue weighted by molar-refractivity contribution is -0.123. The van der Waals surface area contributed by atoms with Crippen molar-refractivity contribution in [3.63, 3.8) is 0 Å². The third kappa shape index (κ3) is 2.92. The number of nitrogens with zero attached hydrogens (tertiary/aromatic N) is 2. The number of hydrogen-bond donors (Lipinski definition) is 0. The van der Waals surface area contributed by atoms with E-state index in [1.165, 1.54) is 5.56 Å². The molecule has 0 spiro atoms. The van der Waals surface area contributed by atoms with Crippen LogP contribution in [0, 0.1) is 11.3 Å². The monoisotopic (exact) mass is 332 g/mol. The molecule has 1 aliphatic rings. The number of carbonyl (C=O) groups is 1. The van der Waals surface area contributed by atoms with Crippen LogP contribution in [0.4, 0.5) is 0 Å². The van der Waals surface area contributed by atoms with Crippen LogP contribution >= 0.6 is 0 Å². The number of nitriles is 1. The molecule has 1 aliphatic heterocycles. The molecule has 2 aromatic carbocycles. The molecule has 0 radical (unpaired) electrons. The van der Waals surface area contributed by atoms with Gasteiger partial charge in [0, 0.05) is 6.42 Å². The fraction of sp³-hybridized carbons (Fsp3) is 0.250. The van der Waals surface area contributed by atoms with Crippen molar-refractivity contribution >= 4 is 16.9 Å². The molecular weight excluding hydrogens is 316 g/mol. The number of rotatable bonds is 4. The van der Waals surface area contributed by atoms with Crippen LogP contribution in [0.15, 0.2) is 52.9 Å². The summed E-state index contributed by atoms with van der Waals surface area (Å²) in [7, 11) is 0. The number of para-hydroxylation sites is 2. The fourth-order valence-corrected chi connectivity index (χ4v) is 3.22. The van der Waals surface area contributed by atoms with Crippen molar-refractivity contribution in [1.29, 1.82) is 5.26 Å². The van der Waals surface area contributed by atoms with Crippen LogP contribution < -0.4 is 0 Å². The van der Waals surface area contributed by atoms with Gasteiger partial charge in [-0.3, -0.25) is 4.79 Å². The second-order valence-electron chi connectivity index (χ2n) is 6.06. The quantitative estimate of drug-likeness (QED) is 0.728. The van der Waals surface area contributed by atoms with E-state index in [4.69, 9.17) is 9.15 Å². The van der Waals surface area contributed by atoms with Gasteiger partial charge in [-0.2, -0.15) is 5.26 Å². The highest BCUT2D eigenvalue weighted by molar-refractivity contribution is 5.88. The standard InChI is InChI=1S/C20H16N2O3/c21-12-15(20-22-16-7-3-4-8-18(16)25-20)17(23)11-19-14-6-2-1-5-13(14)9-10-24-19/h1-8,15,19H,9-11H2. The lowest BCUT2D eigenvalue weighted by Gasteiger charge is -2.25. The summed E-state index contributed by atoms with van der Waals surface area (Å²) in [5.74, 6) is -1.11. The third-order valence-electron chi connectivity index (χ3n) is 4.49. The Morgan fingerprint density at radius 2 is 2.04 bits per heavy atom. The minimum Gasteiger partial charge on any atom is -0.439 e. The molecule has 0 amide bonds. The summed E-state index contributed by atoms with van der Waals surface area (Å²) in [4.78, 5) is 17.0. The molecular formula is C20H16N2O3. The molecule has 0 saturated carbocycles. The van der Waals surface area contributed by atoms with Crippen molar-refractivity contribution in [3.8, 4) is 6.07 Å². The molecule has 2 heterocycles. The maximum atomic E-state index is 12.7. The van der Waals surface area contributed by atoms with Gasteiger partial charge in [0.1, 0.15) is 5.52 Å². The minimum absolute atomic E-state index is 0.133. The molecule has 25 heavy (non-hydrogen) atoms. The number of hydrogen-bond acceptors (Lipinski definition) is 5. The first-order valence-electron chi connectivity index (χ1n) is 8.23. The van der Waals surface area contributed by atoms with Crippen molar-refractivity contribution in [2.24, 2.45) is 0 Å². The predicted molar refractivity (Wildman–Crippen MR) is 90.8 cm³/mol. The van der Waals surface area contributed by atoms with E-state index in [9.17, 15) is 10.1 Å². The Bertz CT molecular complexity index is 937. The Hall–Kier alpha value is -2.97. The average Bonchev–Trinajstić information content (AvgIpc) is 3.06. The van der Waals surface area contributed by atoms with E-state index < -0.39 is 5.92 Å². The number of benzene rings is 2. The third-order valence-corrected chi connectivity index (χ3v) is 4.49. The van der Waals surface area contributed by atoms with E-state index >= 15 is 0 Å². The van der Waals surface area contributed by atoms with Crippen LogP contribution in [0.1, 0.15) is 35.5 Å². The molecule has 5 nitrogen and oxygen atoms in total. The first kappa shape index (κ1) is 15.6. The molecule has 0 bridgehead atoms. The highest BCUT2D eigenvalue weighted by atomic mass is 16.5. The number of Topliss-reactive ketones (excluding diaryl/α,β-unsaturated/α-hetero) is 1. The molecule has 124 valence electrons. The molecule has 0 N–H and O–H groups in total. The predicted octanol–water partition coefficient (Wildman–Crippen LogP) is 3.71. The second kappa shape index (κ2) is 6.50. The van der Waals surface area contributed by atoms with Gasteiger partial charge in [-0.15, -0.1) is 0 Å². The largest absolute Gasteiger partial charge is 0.439 e. The Balaban J connectivity index is 1.58. The van der Waals surface area contributed by atoms with Gasteiger partial charge in [0.2, 0.25) is 5.89 Å². The highest BCUT2D eigenvalue weighted by Crippen LogP contribution is 2.32. The topological polar surface area (TPSA) is 76.1 Å². The van der Waals surface area contributed by atoms with E-state index in [2.05, 4.69) is 11.1 Å². The summed E-state index contributed by atoms with van der Waals surface area (Å²) >= 11 is 0. The normalized spacial score (nSPS) is 17.6. The van der Waals surface area contributed by atoms with Gasteiger partial charge in [0.15, 0.2) is 17.3 Å². The molecule has 0 aliphatic carbocycles.